The van der Waals surface area contributed by atoms with Crippen LogP contribution in [0.4, 0.5) is 0 Å². The first kappa shape index (κ1) is 15.5. The van der Waals surface area contributed by atoms with E-state index in [-0.39, 0.29) is 0 Å². The summed E-state index contributed by atoms with van der Waals surface area (Å²) in [6, 6.07) is 3.10. The lowest BCUT2D eigenvalue weighted by Gasteiger charge is -2.30. The van der Waals surface area contributed by atoms with Crippen LogP contribution in [-0.2, 0) is 17.6 Å². The fraction of sp³-hybridized carbons (Fsp3) is 0.778. The second-order valence-electron chi connectivity index (χ2n) is 6.54. The maximum Gasteiger partial charge on any atom is 0.0469 e. The molecule has 1 unspecified atom stereocenters. The molecule has 1 fully saturated rings. The summed E-state index contributed by atoms with van der Waals surface area (Å²) >= 11 is 2.10. The third-order valence-electron chi connectivity index (χ3n) is 4.92. The molecule has 2 aliphatic rings. The molecular formula is C18H29NOS. The highest BCUT2D eigenvalue weighted by Crippen LogP contribution is 2.37. The van der Waals surface area contributed by atoms with Gasteiger partial charge in [0.25, 0.3) is 0 Å². The smallest absolute Gasteiger partial charge is 0.0469 e. The van der Waals surface area contributed by atoms with E-state index in [1.165, 1.54) is 51.4 Å². The van der Waals surface area contributed by atoms with Crippen molar-refractivity contribution >= 4 is 11.3 Å². The minimum absolute atomic E-state index is 0.561. The van der Waals surface area contributed by atoms with E-state index in [0.29, 0.717) is 6.04 Å². The van der Waals surface area contributed by atoms with E-state index in [2.05, 4.69) is 29.6 Å². The van der Waals surface area contributed by atoms with Crippen molar-refractivity contribution in [1.82, 2.24) is 5.32 Å². The molecule has 3 rings (SSSR count). The summed E-state index contributed by atoms with van der Waals surface area (Å²) in [7, 11) is 0. The highest BCUT2D eigenvalue weighted by atomic mass is 32.1. The summed E-state index contributed by atoms with van der Waals surface area (Å²) in [6.45, 7) is 5.28. The maximum atomic E-state index is 5.56. The Morgan fingerprint density at radius 1 is 1.24 bits per heavy atom. The summed E-state index contributed by atoms with van der Waals surface area (Å²) in [5, 5.41) is 3.84. The van der Waals surface area contributed by atoms with E-state index in [0.717, 1.165) is 25.7 Å². The van der Waals surface area contributed by atoms with Gasteiger partial charge in [0, 0.05) is 29.0 Å². The molecule has 0 bridgehead atoms. The fourth-order valence-corrected chi connectivity index (χ4v) is 5.12. The normalized spacial score (nSPS) is 21.8. The molecule has 118 valence electrons. The predicted molar refractivity (Wildman–Crippen MR) is 90.2 cm³/mol. The average molecular weight is 308 g/mol. The van der Waals surface area contributed by atoms with Crippen molar-refractivity contribution in [3.63, 3.8) is 0 Å². The molecule has 1 N–H and O–H groups in total. The fourth-order valence-electron chi connectivity index (χ4n) is 3.69. The topological polar surface area (TPSA) is 21.3 Å². The van der Waals surface area contributed by atoms with Crippen LogP contribution in [0.1, 0.15) is 66.8 Å². The number of rotatable bonds is 5. The van der Waals surface area contributed by atoms with E-state index >= 15 is 0 Å². The summed E-state index contributed by atoms with van der Waals surface area (Å²) in [6.07, 6.45) is 10.4. The van der Waals surface area contributed by atoms with Gasteiger partial charge in [-0.1, -0.05) is 13.3 Å². The second kappa shape index (κ2) is 7.75. The van der Waals surface area contributed by atoms with Crippen molar-refractivity contribution in [2.45, 2.75) is 64.3 Å². The third kappa shape index (κ3) is 3.88. The molecular weight excluding hydrogens is 278 g/mol. The molecule has 2 heterocycles. The average Bonchev–Trinajstić information content (AvgIpc) is 2.79. The predicted octanol–water partition coefficient (Wildman–Crippen LogP) is 4.48. The van der Waals surface area contributed by atoms with E-state index < -0.39 is 0 Å². The van der Waals surface area contributed by atoms with Gasteiger partial charge in [-0.3, -0.25) is 0 Å². The second-order valence-corrected chi connectivity index (χ2v) is 7.71. The van der Waals surface area contributed by atoms with Gasteiger partial charge in [0.05, 0.1) is 0 Å². The first-order chi connectivity index (χ1) is 10.4. The van der Waals surface area contributed by atoms with Gasteiger partial charge in [0.15, 0.2) is 0 Å². The number of hydrogen-bond acceptors (Lipinski definition) is 3. The molecule has 1 aromatic rings. The SMILES string of the molecule is CCCNC(c1cc2c(s1)CCCCC2)C1CCOCC1. The standard InChI is InChI=1S/C18H29NOS/c1-2-10-19-18(14-8-11-20-12-9-14)17-13-15-6-4-3-5-7-16(15)21-17/h13-14,18-19H,2-12H2,1H3. The van der Waals surface area contributed by atoms with Crippen LogP contribution in [0.15, 0.2) is 6.07 Å². The van der Waals surface area contributed by atoms with Crippen molar-refractivity contribution in [3.05, 3.63) is 21.4 Å². The van der Waals surface area contributed by atoms with Crippen LogP contribution in [0, 0.1) is 5.92 Å². The van der Waals surface area contributed by atoms with Crippen molar-refractivity contribution in [2.75, 3.05) is 19.8 Å². The van der Waals surface area contributed by atoms with E-state index in [1.807, 2.05) is 0 Å². The lowest BCUT2D eigenvalue weighted by molar-refractivity contribution is 0.0540. The molecule has 3 heteroatoms. The summed E-state index contributed by atoms with van der Waals surface area (Å²) in [5.74, 6) is 0.757. The van der Waals surface area contributed by atoms with Gasteiger partial charge in [-0.15, -0.1) is 11.3 Å². The van der Waals surface area contributed by atoms with Crippen molar-refractivity contribution in [1.29, 1.82) is 0 Å². The largest absolute Gasteiger partial charge is 0.381 e. The van der Waals surface area contributed by atoms with Crippen LogP contribution >= 0.6 is 11.3 Å². The van der Waals surface area contributed by atoms with Crippen molar-refractivity contribution in [3.8, 4) is 0 Å². The van der Waals surface area contributed by atoms with E-state index in [1.54, 1.807) is 15.3 Å². The third-order valence-corrected chi connectivity index (χ3v) is 6.24. The number of nitrogens with one attached hydrogen (secondary N) is 1. The minimum atomic E-state index is 0.561. The maximum absolute atomic E-state index is 5.56. The molecule has 0 saturated carbocycles. The zero-order chi connectivity index (χ0) is 14.5. The van der Waals surface area contributed by atoms with Gasteiger partial charge in [0.1, 0.15) is 0 Å². The molecule has 0 radical (unpaired) electrons. The number of ether oxygens (including phenoxy) is 1. The molecule has 1 aromatic heterocycles. The Morgan fingerprint density at radius 2 is 2.05 bits per heavy atom. The molecule has 1 aliphatic carbocycles. The summed E-state index contributed by atoms with van der Waals surface area (Å²) in [4.78, 5) is 3.28. The summed E-state index contributed by atoms with van der Waals surface area (Å²) in [5.41, 5.74) is 1.66. The molecule has 0 aromatic carbocycles. The van der Waals surface area contributed by atoms with Gasteiger partial charge in [-0.2, -0.15) is 0 Å². The minimum Gasteiger partial charge on any atom is -0.381 e. The van der Waals surface area contributed by atoms with Crippen LogP contribution in [-0.4, -0.2) is 19.8 Å². The number of thiophene rings is 1. The van der Waals surface area contributed by atoms with Gasteiger partial charge in [-0.05, 0) is 69.0 Å². The van der Waals surface area contributed by atoms with Crippen LogP contribution < -0.4 is 5.32 Å². The van der Waals surface area contributed by atoms with Gasteiger partial charge in [-0.25, -0.2) is 0 Å². The zero-order valence-corrected chi connectivity index (χ0v) is 14.1. The lowest BCUT2D eigenvalue weighted by atomic mass is 9.90. The Morgan fingerprint density at radius 3 is 2.86 bits per heavy atom. The van der Waals surface area contributed by atoms with Crippen molar-refractivity contribution < 1.29 is 4.74 Å². The van der Waals surface area contributed by atoms with Gasteiger partial charge >= 0.3 is 0 Å². The highest BCUT2D eigenvalue weighted by molar-refractivity contribution is 7.12. The number of fused-ring (bicyclic) bond motifs is 1. The zero-order valence-electron chi connectivity index (χ0n) is 13.3. The Kier molecular flexibility index (Phi) is 5.73. The van der Waals surface area contributed by atoms with Crippen LogP contribution in [0.5, 0.6) is 0 Å². The quantitative estimate of drug-likeness (QED) is 0.810. The molecule has 1 aliphatic heterocycles. The van der Waals surface area contributed by atoms with Crippen LogP contribution in [0.3, 0.4) is 0 Å². The number of aryl methyl sites for hydroxylation is 2. The van der Waals surface area contributed by atoms with Crippen LogP contribution in [0.2, 0.25) is 0 Å². The van der Waals surface area contributed by atoms with Gasteiger partial charge in [0.2, 0.25) is 0 Å². The molecule has 0 amide bonds. The highest BCUT2D eigenvalue weighted by Gasteiger charge is 2.27. The first-order valence-corrected chi connectivity index (χ1v) is 9.62. The molecule has 1 atom stereocenters. The molecule has 0 spiro atoms. The Labute approximate surface area is 133 Å². The van der Waals surface area contributed by atoms with E-state index in [4.69, 9.17) is 4.74 Å². The van der Waals surface area contributed by atoms with Crippen molar-refractivity contribution in [2.24, 2.45) is 5.92 Å². The van der Waals surface area contributed by atoms with Crippen LogP contribution in [0.25, 0.3) is 0 Å². The summed E-state index contributed by atoms with van der Waals surface area (Å²) < 4.78 is 5.56. The monoisotopic (exact) mass is 307 g/mol. The lowest BCUT2D eigenvalue weighted by Crippen LogP contribution is -2.32. The molecule has 2 nitrogen and oxygen atoms in total. The Balaban J connectivity index is 1.78. The first-order valence-electron chi connectivity index (χ1n) is 8.81. The van der Waals surface area contributed by atoms with Gasteiger partial charge < -0.3 is 10.1 Å². The molecule has 21 heavy (non-hydrogen) atoms. The number of hydrogen-bond donors (Lipinski definition) is 1. The van der Waals surface area contributed by atoms with E-state index in [9.17, 15) is 0 Å². The Bertz CT molecular complexity index is 413. The Hall–Kier alpha value is -0.380. The molecule has 1 saturated heterocycles.